The standard InChI is InChI=1S/C15H28N4/c1-11-17-18-14(10-13(16)15(2,3)4)19(11)12-8-6-5-7-9-12/h12-13H,5-10,16H2,1-4H3. The van der Waals surface area contributed by atoms with Crippen LogP contribution >= 0.6 is 0 Å². The molecule has 0 bridgehead atoms. The van der Waals surface area contributed by atoms with Crippen LogP contribution in [0, 0.1) is 12.3 Å². The number of hydrogen-bond acceptors (Lipinski definition) is 3. The number of aromatic nitrogens is 3. The van der Waals surface area contributed by atoms with Crippen LogP contribution in [0.2, 0.25) is 0 Å². The van der Waals surface area contributed by atoms with Gasteiger partial charge in [-0.3, -0.25) is 0 Å². The van der Waals surface area contributed by atoms with Gasteiger partial charge in [0.05, 0.1) is 0 Å². The Morgan fingerprint density at radius 3 is 2.42 bits per heavy atom. The number of hydrogen-bond donors (Lipinski definition) is 1. The first-order valence-corrected chi connectivity index (χ1v) is 7.55. The van der Waals surface area contributed by atoms with Gasteiger partial charge in [0, 0.05) is 18.5 Å². The zero-order valence-electron chi connectivity index (χ0n) is 12.8. The first kappa shape index (κ1) is 14.5. The molecule has 0 aromatic carbocycles. The van der Waals surface area contributed by atoms with Gasteiger partial charge in [-0.2, -0.15) is 0 Å². The molecule has 1 aliphatic rings. The second-order valence-electron chi connectivity index (χ2n) is 7.00. The minimum Gasteiger partial charge on any atom is -0.327 e. The van der Waals surface area contributed by atoms with E-state index in [4.69, 9.17) is 5.73 Å². The average molecular weight is 264 g/mol. The van der Waals surface area contributed by atoms with E-state index >= 15 is 0 Å². The van der Waals surface area contributed by atoms with E-state index in [0.717, 1.165) is 18.1 Å². The summed E-state index contributed by atoms with van der Waals surface area (Å²) in [4.78, 5) is 0. The molecule has 0 saturated heterocycles. The van der Waals surface area contributed by atoms with Gasteiger partial charge in [0.25, 0.3) is 0 Å². The lowest BCUT2D eigenvalue weighted by Gasteiger charge is -2.29. The third-order valence-electron chi connectivity index (χ3n) is 4.39. The first-order chi connectivity index (χ1) is 8.89. The van der Waals surface area contributed by atoms with E-state index in [9.17, 15) is 0 Å². The zero-order valence-corrected chi connectivity index (χ0v) is 12.8. The number of rotatable bonds is 3. The van der Waals surface area contributed by atoms with E-state index in [1.165, 1.54) is 32.1 Å². The van der Waals surface area contributed by atoms with Gasteiger partial charge in [-0.25, -0.2) is 0 Å². The van der Waals surface area contributed by atoms with Crippen LogP contribution in [-0.4, -0.2) is 20.8 Å². The van der Waals surface area contributed by atoms with Crippen LogP contribution in [0.25, 0.3) is 0 Å². The Kier molecular flexibility index (Phi) is 4.29. The topological polar surface area (TPSA) is 56.7 Å². The smallest absolute Gasteiger partial charge is 0.134 e. The molecule has 1 fully saturated rings. The predicted molar refractivity (Wildman–Crippen MR) is 78.0 cm³/mol. The van der Waals surface area contributed by atoms with Crippen molar-refractivity contribution in [3.8, 4) is 0 Å². The molecule has 1 aromatic heterocycles. The van der Waals surface area contributed by atoms with Crippen molar-refractivity contribution in [2.45, 2.75) is 78.3 Å². The van der Waals surface area contributed by atoms with Crippen LogP contribution in [0.4, 0.5) is 0 Å². The molecule has 1 unspecified atom stereocenters. The van der Waals surface area contributed by atoms with Gasteiger partial charge in [-0.05, 0) is 25.2 Å². The SMILES string of the molecule is Cc1nnc(CC(N)C(C)(C)C)n1C1CCCCC1. The summed E-state index contributed by atoms with van der Waals surface area (Å²) >= 11 is 0. The first-order valence-electron chi connectivity index (χ1n) is 7.55. The molecule has 0 radical (unpaired) electrons. The highest BCUT2D eigenvalue weighted by molar-refractivity contribution is 5.01. The van der Waals surface area contributed by atoms with E-state index in [-0.39, 0.29) is 11.5 Å². The Balaban J connectivity index is 2.17. The summed E-state index contributed by atoms with van der Waals surface area (Å²) in [5, 5.41) is 8.66. The molecule has 1 aromatic rings. The highest BCUT2D eigenvalue weighted by Gasteiger charge is 2.26. The molecule has 0 amide bonds. The largest absolute Gasteiger partial charge is 0.327 e. The van der Waals surface area contributed by atoms with Gasteiger partial charge >= 0.3 is 0 Å². The molecule has 1 heterocycles. The highest BCUT2D eigenvalue weighted by Crippen LogP contribution is 2.30. The normalized spacial score (nSPS) is 19.6. The average Bonchev–Trinajstić information content (AvgIpc) is 2.70. The minimum atomic E-state index is 0.108. The summed E-state index contributed by atoms with van der Waals surface area (Å²) in [6.07, 6.45) is 7.36. The van der Waals surface area contributed by atoms with Crippen molar-refractivity contribution < 1.29 is 0 Å². The van der Waals surface area contributed by atoms with E-state index in [0.29, 0.717) is 6.04 Å². The van der Waals surface area contributed by atoms with Crippen LogP contribution < -0.4 is 5.73 Å². The van der Waals surface area contributed by atoms with Crippen molar-refractivity contribution >= 4 is 0 Å². The maximum Gasteiger partial charge on any atom is 0.134 e. The molecule has 108 valence electrons. The van der Waals surface area contributed by atoms with Crippen LogP contribution in [-0.2, 0) is 6.42 Å². The molecular formula is C15H28N4. The molecule has 2 rings (SSSR count). The highest BCUT2D eigenvalue weighted by atomic mass is 15.3. The third-order valence-corrected chi connectivity index (χ3v) is 4.39. The van der Waals surface area contributed by atoms with Crippen molar-refractivity contribution in [2.24, 2.45) is 11.1 Å². The molecule has 1 atom stereocenters. The van der Waals surface area contributed by atoms with Crippen LogP contribution in [0.1, 0.15) is 70.6 Å². The molecule has 4 nitrogen and oxygen atoms in total. The summed E-state index contributed by atoms with van der Waals surface area (Å²) in [6.45, 7) is 8.62. The van der Waals surface area contributed by atoms with Gasteiger partial charge in [0.15, 0.2) is 0 Å². The Hall–Kier alpha value is -0.900. The summed E-state index contributed by atoms with van der Waals surface area (Å²) in [7, 11) is 0. The van der Waals surface area contributed by atoms with E-state index < -0.39 is 0 Å². The summed E-state index contributed by atoms with van der Waals surface area (Å²) in [5.41, 5.74) is 6.42. The van der Waals surface area contributed by atoms with Gasteiger partial charge in [0.1, 0.15) is 11.6 Å². The van der Waals surface area contributed by atoms with Gasteiger partial charge in [-0.15, -0.1) is 10.2 Å². The Bertz CT molecular complexity index is 410. The van der Waals surface area contributed by atoms with Gasteiger partial charge in [0.2, 0.25) is 0 Å². The van der Waals surface area contributed by atoms with Crippen molar-refractivity contribution in [2.75, 3.05) is 0 Å². The third kappa shape index (κ3) is 3.35. The molecule has 0 spiro atoms. The molecule has 4 heteroatoms. The molecule has 2 N–H and O–H groups in total. The lowest BCUT2D eigenvalue weighted by atomic mass is 9.85. The molecular weight excluding hydrogens is 236 g/mol. The molecule has 1 aliphatic carbocycles. The Morgan fingerprint density at radius 2 is 1.84 bits per heavy atom. The van der Waals surface area contributed by atoms with Crippen molar-refractivity contribution in [1.29, 1.82) is 0 Å². The number of nitrogens with two attached hydrogens (primary N) is 1. The predicted octanol–water partition coefficient (Wildman–Crippen LogP) is 3.01. The van der Waals surface area contributed by atoms with Gasteiger partial charge in [-0.1, -0.05) is 40.0 Å². The molecule has 19 heavy (non-hydrogen) atoms. The van der Waals surface area contributed by atoms with Crippen molar-refractivity contribution in [3.05, 3.63) is 11.6 Å². The van der Waals surface area contributed by atoms with Gasteiger partial charge < -0.3 is 10.3 Å². The second-order valence-corrected chi connectivity index (χ2v) is 7.00. The second kappa shape index (κ2) is 5.61. The zero-order chi connectivity index (χ0) is 14.0. The lowest BCUT2D eigenvalue weighted by molar-refractivity contribution is 0.299. The fourth-order valence-corrected chi connectivity index (χ4v) is 2.87. The lowest BCUT2D eigenvalue weighted by Crippen LogP contribution is -2.38. The fourth-order valence-electron chi connectivity index (χ4n) is 2.87. The number of nitrogens with zero attached hydrogens (tertiary/aromatic N) is 3. The fraction of sp³-hybridized carbons (Fsp3) is 0.867. The quantitative estimate of drug-likeness (QED) is 0.913. The molecule has 0 aliphatic heterocycles. The summed E-state index contributed by atoms with van der Waals surface area (Å²) < 4.78 is 2.35. The number of aryl methyl sites for hydroxylation is 1. The van der Waals surface area contributed by atoms with Crippen LogP contribution in [0.3, 0.4) is 0 Å². The summed E-state index contributed by atoms with van der Waals surface area (Å²) in [5.74, 6) is 2.12. The maximum atomic E-state index is 6.31. The van der Waals surface area contributed by atoms with Crippen molar-refractivity contribution in [1.82, 2.24) is 14.8 Å². The van der Waals surface area contributed by atoms with Crippen LogP contribution in [0.5, 0.6) is 0 Å². The monoisotopic (exact) mass is 264 g/mol. The van der Waals surface area contributed by atoms with Crippen molar-refractivity contribution in [3.63, 3.8) is 0 Å². The van der Waals surface area contributed by atoms with Crippen LogP contribution in [0.15, 0.2) is 0 Å². The maximum absolute atomic E-state index is 6.31. The van der Waals surface area contributed by atoms with E-state index in [1.807, 2.05) is 0 Å². The van der Waals surface area contributed by atoms with E-state index in [1.54, 1.807) is 0 Å². The minimum absolute atomic E-state index is 0.108. The van der Waals surface area contributed by atoms with E-state index in [2.05, 4.69) is 42.5 Å². The Morgan fingerprint density at radius 1 is 1.21 bits per heavy atom. The molecule has 1 saturated carbocycles. The summed E-state index contributed by atoms with van der Waals surface area (Å²) in [6, 6.07) is 0.712. The Labute approximate surface area is 116 Å².